The van der Waals surface area contributed by atoms with Crippen molar-refractivity contribution < 1.29 is 0 Å². The number of aromatic nitrogens is 4. The van der Waals surface area contributed by atoms with Crippen LogP contribution in [0, 0.1) is 6.92 Å². The first-order valence-electron chi connectivity index (χ1n) is 4.50. The fourth-order valence-corrected chi connectivity index (χ4v) is 2.09. The molecule has 0 unspecified atom stereocenters. The minimum Gasteiger partial charge on any atom is -0.310 e. The lowest BCUT2D eigenvalue weighted by atomic mass is 10.3. The summed E-state index contributed by atoms with van der Waals surface area (Å²) >= 11 is 1.60. The first-order valence-corrected chi connectivity index (χ1v) is 5.38. The quantitative estimate of drug-likeness (QED) is 0.760. The van der Waals surface area contributed by atoms with Crippen molar-refractivity contribution in [1.29, 1.82) is 0 Å². The highest BCUT2D eigenvalue weighted by Gasteiger charge is 2.13. The Morgan fingerprint density at radius 2 is 2.21 bits per heavy atom. The van der Waals surface area contributed by atoms with E-state index >= 15 is 0 Å². The lowest BCUT2D eigenvalue weighted by molar-refractivity contribution is 0.604. The van der Waals surface area contributed by atoms with Gasteiger partial charge in [0, 0.05) is 6.04 Å². The average molecular weight is 208 g/mol. The minimum atomic E-state index is 0.376. The third-order valence-electron chi connectivity index (χ3n) is 2.08. The predicted octanol–water partition coefficient (Wildman–Crippen LogP) is 2.29. The minimum absolute atomic E-state index is 0.376. The van der Waals surface area contributed by atoms with Gasteiger partial charge in [-0.05, 0) is 20.8 Å². The summed E-state index contributed by atoms with van der Waals surface area (Å²) in [6.07, 6.45) is 1.76. The van der Waals surface area contributed by atoms with Gasteiger partial charge in [0.1, 0.15) is 6.33 Å². The Kier molecular flexibility index (Phi) is 2.33. The van der Waals surface area contributed by atoms with Crippen LogP contribution < -0.4 is 0 Å². The number of rotatable bonds is 2. The maximum absolute atomic E-state index is 4.21. The van der Waals surface area contributed by atoms with Crippen LogP contribution in [0.15, 0.2) is 11.8 Å². The molecule has 2 rings (SSSR count). The second-order valence-electron chi connectivity index (χ2n) is 3.42. The second-order valence-corrected chi connectivity index (χ2v) is 4.28. The maximum Gasteiger partial charge on any atom is 0.176 e. The van der Waals surface area contributed by atoms with Crippen LogP contribution in [0.25, 0.3) is 10.7 Å². The monoisotopic (exact) mass is 208 g/mol. The number of aryl methyl sites for hydroxylation is 1. The van der Waals surface area contributed by atoms with Crippen molar-refractivity contribution in [2.24, 2.45) is 0 Å². The maximum atomic E-state index is 4.21. The molecular weight excluding hydrogens is 196 g/mol. The summed E-state index contributed by atoms with van der Waals surface area (Å²) in [6.45, 7) is 6.22. The fourth-order valence-electron chi connectivity index (χ4n) is 1.30. The van der Waals surface area contributed by atoms with Gasteiger partial charge < -0.3 is 4.57 Å². The normalized spacial score (nSPS) is 11.1. The van der Waals surface area contributed by atoms with Crippen molar-refractivity contribution in [3.05, 3.63) is 17.5 Å². The van der Waals surface area contributed by atoms with Gasteiger partial charge in [-0.25, -0.2) is 4.98 Å². The zero-order valence-electron chi connectivity index (χ0n) is 8.43. The Bertz CT molecular complexity index is 429. The summed E-state index contributed by atoms with van der Waals surface area (Å²) in [6, 6.07) is 0.376. The highest BCUT2D eigenvalue weighted by atomic mass is 32.1. The molecule has 0 N–H and O–H groups in total. The highest BCUT2D eigenvalue weighted by molar-refractivity contribution is 7.13. The molecule has 0 bridgehead atoms. The smallest absolute Gasteiger partial charge is 0.176 e. The van der Waals surface area contributed by atoms with Gasteiger partial charge in [-0.15, -0.1) is 21.5 Å². The molecule has 0 fully saturated rings. The number of thiazole rings is 1. The van der Waals surface area contributed by atoms with Crippen LogP contribution in [0.5, 0.6) is 0 Å². The molecule has 5 heteroatoms. The van der Waals surface area contributed by atoms with Crippen LogP contribution in [-0.4, -0.2) is 19.7 Å². The van der Waals surface area contributed by atoms with Crippen LogP contribution in [0.3, 0.4) is 0 Å². The van der Waals surface area contributed by atoms with Crippen molar-refractivity contribution in [2.75, 3.05) is 0 Å². The molecule has 0 aliphatic carbocycles. The molecule has 4 nitrogen and oxygen atoms in total. The summed E-state index contributed by atoms with van der Waals surface area (Å²) in [5.74, 6) is 0.917. The summed E-state index contributed by atoms with van der Waals surface area (Å²) < 4.78 is 2.06. The van der Waals surface area contributed by atoms with Crippen LogP contribution >= 0.6 is 11.3 Å². The molecule has 74 valence electrons. The topological polar surface area (TPSA) is 43.6 Å². The van der Waals surface area contributed by atoms with Crippen LogP contribution in [0.2, 0.25) is 0 Å². The van der Waals surface area contributed by atoms with Crippen molar-refractivity contribution in [3.63, 3.8) is 0 Å². The molecule has 0 aliphatic heterocycles. The number of hydrogen-bond donors (Lipinski definition) is 0. The van der Waals surface area contributed by atoms with E-state index in [9.17, 15) is 0 Å². The van der Waals surface area contributed by atoms with E-state index in [1.165, 1.54) is 0 Å². The van der Waals surface area contributed by atoms with Crippen molar-refractivity contribution in [3.8, 4) is 10.7 Å². The van der Waals surface area contributed by atoms with Gasteiger partial charge >= 0.3 is 0 Å². The van der Waals surface area contributed by atoms with Gasteiger partial charge in [-0.1, -0.05) is 0 Å². The standard InChI is InChI=1S/C9H12N4S/c1-6(2)13-4-11-12-9(13)8-7(3)10-5-14-8/h4-6H,1-3H3. The fraction of sp³-hybridized carbons (Fsp3) is 0.444. The first-order chi connectivity index (χ1) is 6.70. The van der Waals surface area contributed by atoms with Gasteiger partial charge in [0.25, 0.3) is 0 Å². The molecule has 2 aromatic heterocycles. The lowest BCUT2D eigenvalue weighted by Crippen LogP contribution is -2.01. The van der Waals surface area contributed by atoms with Crippen LogP contribution in [0.4, 0.5) is 0 Å². The van der Waals surface area contributed by atoms with Crippen LogP contribution in [0.1, 0.15) is 25.6 Å². The Hall–Kier alpha value is -1.23. The molecule has 14 heavy (non-hydrogen) atoms. The molecule has 2 aromatic rings. The second kappa shape index (κ2) is 3.49. The molecule has 0 saturated heterocycles. The third kappa shape index (κ3) is 1.43. The largest absolute Gasteiger partial charge is 0.310 e. The third-order valence-corrected chi connectivity index (χ3v) is 3.00. The Morgan fingerprint density at radius 3 is 2.79 bits per heavy atom. The van der Waals surface area contributed by atoms with E-state index in [2.05, 4.69) is 33.6 Å². The molecule has 0 saturated carbocycles. The Morgan fingerprint density at radius 1 is 1.43 bits per heavy atom. The van der Waals surface area contributed by atoms with Gasteiger partial charge in [-0.2, -0.15) is 0 Å². The molecule has 0 aromatic carbocycles. The van der Waals surface area contributed by atoms with E-state index in [0.717, 1.165) is 16.4 Å². The van der Waals surface area contributed by atoms with E-state index < -0.39 is 0 Å². The van der Waals surface area contributed by atoms with E-state index in [4.69, 9.17) is 0 Å². The average Bonchev–Trinajstić information content (AvgIpc) is 2.70. The Balaban J connectivity index is 2.52. The van der Waals surface area contributed by atoms with Crippen LogP contribution in [-0.2, 0) is 0 Å². The van der Waals surface area contributed by atoms with Gasteiger partial charge in [0.05, 0.1) is 16.1 Å². The first kappa shape index (κ1) is 9.33. The summed E-state index contributed by atoms with van der Waals surface area (Å²) in [4.78, 5) is 5.32. The van der Waals surface area contributed by atoms with E-state index in [1.54, 1.807) is 17.7 Å². The van der Waals surface area contributed by atoms with Crippen molar-refractivity contribution in [2.45, 2.75) is 26.8 Å². The zero-order valence-corrected chi connectivity index (χ0v) is 9.25. The van der Waals surface area contributed by atoms with Gasteiger partial charge in [0.2, 0.25) is 0 Å². The summed E-state index contributed by atoms with van der Waals surface area (Å²) in [5, 5.41) is 8.06. The van der Waals surface area contributed by atoms with E-state index in [-0.39, 0.29) is 0 Å². The summed E-state index contributed by atoms with van der Waals surface area (Å²) in [5.41, 5.74) is 2.86. The molecule has 2 heterocycles. The predicted molar refractivity (Wildman–Crippen MR) is 56.3 cm³/mol. The highest BCUT2D eigenvalue weighted by Crippen LogP contribution is 2.26. The number of hydrogen-bond acceptors (Lipinski definition) is 4. The SMILES string of the molecule is Cc1ncsc1-c1nncn1C(C)C. The lowest BCUT2D eigenvalue weighted by Gasteiger charge is -2.08. The molecule has 0 atom stereocenters. The van der Waals surface area contributed by atoms with Gasteiger partial charge in [-0.3, -0.25) is 0 Å². The molecule has 0 amide bonds. The van der Waals surface area contributed by atoms with Crippen molar-refractivity contribution >= 4 is 11.3 Å². The summed E-state index contributed by atoms with van der Waals surface area (Å²) in [7, 11) is 0. The van der Waals surface area contributed by atoms with Crippen molar-refractivity contribution in [1.82, 2.24) is 19.7 Å². The number of nitrogens with zero attached hydrogens (tertiary/aromatic N) is 4. The molecule has 0 radical (unpaired) electrons. The van der Waals surface area contributed by atoms with E-state index in [1.807, 2.05) is 12.4 Å². The molecule has 0 spiro atoms. The van der Waals surface area contributed by atoms with Gasteiger partial charge in [0.15, 0.2) is 5.82 Å². The molecule has 0 aliphatic rings. The zero-order chi connectivity index (χ0) is 10.1. The molecular formula is C9H12N4S. The van der Waals surface area contributed by atoms with E-state index in [0.29, 0.717) is 6.04 Å². The Labute approximate surface area is 86.6 Å².